The van der Waals surface area contributed by atoms with Crippen molar-refractivity contribution >= 4 is 29.3 Å². The van der Waals surface area contributed by atoms with Crippen molar-refractivity contribution in [2.75, 3.05) is 5.43 Å². The van der Waals surface area contributed by atoms with Crippen LogP contribution in [0.1, 0.15) is 6.92 Å². The molecule has 4 heteroatoms. The van der Waals surface area contributed by atoms with E-state index < -0.39 is 0 Å². The summed E-state index contributed by atoms with van der Waals surface area (Å²) in [6.45, 7) is 1.44. The molecule has 0 aliphatic carbocycles. The van der Waals surface area contributed by atoms with Crippen LogP contribution in [0, 0.1) is 0 Å². The van der Waals surface area contributed by atoms with Gasteiger partial charge in [-0.3, -0.25) is 10.2 Å². The first-order valence-corrected chi connectivity index (χ1v) is 4.11. The molecule has 68 valence electrons. The van der Waals surface area contributed by atoms with Gasteiger partial charge in [0.1, 0.15) is 0 Å². The van der Waals surface area contributed by atoms with Gasteiger partial charge in [0.25, 0.3) is 0 Å². The number of ketones is 1. The van der Waals surface area contributed by atoms with E-state index in [1.54, 1.807) is 24.3 Å². The van der Waals surface area contributed by atoms with Gasteiger partial charge >= 0.3 is 0 Å². The average molecular weight is 197 g/mol. The highest BCUT2D eigenvalue weighted by atomic mass is 35.5. The normalized spacial score (nSPS) is 10.3. The van der Waals surface area contributed by atoms with Gasteiger partial charge in [0.2, 0.25) is 0 Å². The maximum atomic E-state index is 10.5. The Hall–Kier alpha value is -1.35. The molecule has 1 rings (SSSR count). The summed E-state index contributed by atoms with van der Waals surface area (Å²) in [5, 5.41) is 4.37. The number of nitrogens with one attached hydrogen (secondary N) is 1. The Bertz CT molecular complexity index is 319. The van der Waals surface area contributed by atoms with Gasteiger partial charge in [-0.05, 0) is 24.3 Å². The summed E-state index contributed by atoms with van der Waals surface area (Å²) >= 11 is 5.68. The zero-order valence-corrected chi connectivity index (χ0v) is 7.88. The van der Waals surface area contributed by atoms with Gasteiger partial charge < -0.3 is 0 Å². The topological polar surface area (TPSA) is 41.5 Å². The van der Waals surface area contributed by atoms with Gasteiger partial charge in [-0.1, -0.05) is 11.6 Å². The van der Waals surface area contributed by atoms with Crippen LogP contribution in [0.4, 0.5) is 5.69 Å². The zero-order chi connectivity index (χ0) is 9.68. The van der Waals surface area contributed by atoms with Crippen molar-refractivity contribution in [2.24, 2.45) is 5.10 Å². The summed E-state index contributed by atoms with van der Waals surface area (Å²) in [5.74, 6) is -0.0959. The molecular weight excluding hydrogens is 188 g/mol. The monoisotopic (exact) mass is 196 g/mol. The first-order chi connectivity index (χ1) is 6.18. The zero-order valence-electron chi connectivity index (χ0n) is 7.12. The number of nitrogens with zero attached hydrogens (tertiary/aromatic N) is 1. The summed E-state index contributed by atoms with van der Waals surface area (Å²) in [6, 6.07) is 7.04. The van der Waals surface area contributed by atoms with E-state index in [4.69, 9.17) is 11.6 Å². The molecule has 0 aliphatic rings. The fourth-order valence-corrected chi connectivity index (χ4v) is 0.848. The third-order valence-corrected chi connectivity index (χ3v) is 1.54. The maximum Gasteiger partial charge on any atom is 0.172 e. The Morgan fingerprint density at radius 3 is 2.62 bits per heavy atom. The molecule has 0 saturated carbocycles. The summed E-state index contributed by atoms with van der Waals surface area (Å²) in [5.41, 5.74) is 3.49. The van der Waals surface area contributed by atoms with Crippen molar-refractivity contribution in [1.29, 1.82) is 0 Å². The van der Waals surface area contributed by atoms with E-state index in [1.807, 2.05) is 0 Å². The number of carbonyl (C=O) groups is 1. The standard InChI is InChI=1S/C9H9ClN2O/c1-7(13)6-11-12-9-4-2-8(10)3-5-9/h2-6,12H,1H3. The van der Waals surface area contributed by atoms with Crippen LogP contribution < -0.4 is 5.43 Å². The fraction of sp³-hybridized carbons (Fsp3) is 0.111. The molecule has 0 saturated heterocycles. The van der Waals surface area contributed by atoms with Crippen molar-refractivity contribution < 1.29 is 4.79 Å². The highest BCUT2D eigenvalue weighted by Crippen LogP contribution is 2.12. The van der Waals surface area contributed by atoms with E-state index >= 15 is 0 Å². The lowest BCUT2D eigenvalue weighted by molar-refractivity contribution is -0.110. The van der Waals surface area contributed by atoms with Gasteiger partial charge in [-0.15, -0.1) is 0 Å². The Kier molecular flexibility index (Phi) is 3.46. The van der Waals surface area contributed by atoms with Crippen molar-refractivity contribution in [3.63, 3.8) is 0 Å². The van der Waals surface area contributed by atoms with Crippen LogP contribution >= 0.6 is 11.6 Å². The number of hydrazone groups is 1. The van der Waals surface area contributed by atoms with Crippen molar-refractivity contribution in [3.05, 3.63) is 29.3 Å². The van der Waals surface area contributed by atoms with Gasteiger partial charge in [0, 0.05) is 11.9 Å². The lowest BCUT2D eigenvalue weighted by Gasteiger charge is -1.98. The number of halogens is 1. The largest absolute Gasteiger partial charge is 0.293 e. The second-order valence-electron chi connectivity index (χ2n) is 2.49. The number of benzene rings is 1. The molecule has 0 atom stereocenters. The summed E-state index contributed by atoms with van der Waals surface area (Å²) in [7, 11) is 0. The number of Topliss-reactive ketones (excluding diaryl/α,β-unsaturated/α-hetero) is 1. The molecule has 1 aromatic carbocycles. The Balaban J connectivity index is 2.55. The first kappa shape index (κ1) is 9.74. The molecule has 1 aromatic rings. The predicted molar refractivity (Wildman–Crippen MR) is 54.2 cm³/mol. The van der Waals surface area contributed by atoms with Crippen LogP contribution in [0.25, 0.3) is 0 Å². The van der Waals surface area contributed by atoms with Crippen LogP contribution in [0.3, 0.4) is 0 Å². The van der Waals surface area contributed by atoms with E-state index in [0.29, 0.717) is 5.02 Å². The third-order valence-electron chi connectivity index (χ3n) is 1.28. The minimum absolute atomic E-state index is 0.0959. The maximum absolute atomic E-state index is 10.5. The second kappa shape index (κ2) is 4.62. The number of rotatable bonds is 3. The van der Waals surface area contributed by atoms with E-state index in [1.165, 1.54) is 13.1 Å². The fourth-order valence-electron chi connectivity index (χ4n) is 0.722. The molecule has 0 unspecified atom stereocenters. The smallest absolute Gasteiger partial charge is 0.172 e. The molecule has 0 amide bonds. The molecule has 13 heavy (non-hydrogen) atoms. The molecule has 0 aliphatic heterocycles. The molecule has 1 N–H and O–H groups in total. The molecule has 0 bridgehead atoms. The van der Waals surface area contributed by atoms with Crippen LogP contribution in [0.15, 0.2) is 29.4 Å². The lowest BCUT2D eigenvalue weighted by Crippen LogP contribution is -1.95. The molecule has 0 radical (unpaired) electrons. The van der Waals surface area contributed by atoms with Gasteiger partial charge in [-0.25, -0.2) is 0 Å². The highest BCUT2D eigenvalue weighted by molar-refractivity contribution is 6.30. The van der Waals surface area contributed by atoms with Crippen LogP contribution in [0.5, 0.6) is 0 Å². The average Bonchev–Trinajstić information content (AvgIpc) is 2.08. The minimum Gasteiger partial charge on any atom is -0.293 e. The van der Waals surface area contributed by atoms with E-state index in [-0.39, 0.29) is 5.78 Å². The van der Waals surface area contributed by atoms with Crippen LogP contribution in [-0.4, -0.2) is 12.0 Å². The number of anilines is 1. The highest BCUT2D eigenvalue weighted by Gasteiger charge is 1.89. The Labute approximate surface area is 81.4 Å². The Morgan fingerprint density at radius 1 is 1.46 bits per heavy atom. The number of hydrogen-bond acceptors (Lipinski definition) is 3. The predicted octanol–water partition coefficient (Wildman–Crippen LogP) is 2.33. The van der Waals surface area contributed by atoms with Crippen molar-refractivity contribution in [1.82, 2.24) is 0 Å². The minimum atomic E-state index is -0.0959. The molecular formula is C9H9ClN2O. The summed E-state index contributed by atoms with van der Waals surface area (Å²) in [6.07, 6.45) is 1.22. The van der Waals surface area contributed by atoms with Crippen LogP contribution in [0.2, 0.25) is 5.02 Å². The molecule has 3 nitrogen and oxygen atoms in total. The van der Waals surface area contributed by atoms with Gasteiger partial charge in [0.05, 0.1) is 11.9 Å². The number of carbonyl (C=O) groups excluding carboxylic acids is 1. The Morgan fingerprint density at radius 2 is 2.08 bits per heavy atom. The second-order valence-corrected chi connectivity index (χ2v) is 2.92. The van der Waals surface area contributed by atoms with E-state index in [2.05, 4.69) is 10.5 Å². The van der Waals surface area contributed by atoms with Crippen molar-refractivity contribution in [3.8, 4) is 0 Å². The summed E-state index contributed by atoms with van der Waals surface area (Å²) in [4.78, 5) is 10.5. The number of hydrogen-bond donors (Lipinski definition) is 1. The molecule has 0 aromatic heterocycles. The third kappa shape index (κ3) is 3.71. The van der Waals surface area contributed by atoms with E-state index in [0.717, 1.165) is 5.69 Å². The van der Waals surface area contributed by atoms with Crippen molar-refractivity contribution in [2.45, 2.75) is 6.92 Å². The molecule has 0 fully saturated rings. The first-order valence-electron chi connectivity index (χ1n) is 3.73. The molecule has 0 spiro atoms. The van der Waals surface area contributed by atoms with E-state index in [9.17, 15) is 4.79 Å². The molecule has 0 heterocycles. The lowest BCUT2D eigenvalue weighted by atomic mass is 10.3. The van der Waals surface area contributed by atoms with Gasteiger partial charge in [-0.2, -0.15) is 5.10 Å². The van der Waals surface area contributed by atoms with Gasteiger partial charge in [0.15, 0.2) is 5.78 Å². The quantitative estimate of drug-likeness (QED) is 0.596. The van der Waals surface area contributed by atoms with Crippen LogP contribution in [-0.2, 0) is 4.79 Å². The SMILES string of the molecule is CC(=O)C=NNc1ccc(Cl)cc1. The summed E-state index contributed by atoms with van der Waals surface area (Å²) < 4.78 is 0.